The molecule has 0 aromatic heterocycles. The molecule has 0 aliphatic carbocycles. The van der Waals surface area contributed by atoms with Crippen LogP contribution in [0.15, 0.2) is 51.8 Å². The molecule has 0 bridgehead atoms. The molecule has 2 rings (SSSR count). The number of nitrogens with two attached hydrogens (primary N) is 1. The van der Waals surface area contributed by atoms with E-state index in [1.54, 1.807) is 0 Å². The summed E-state index contributed by atoms with van der Waals surface area (Å²) in [6.07, 6.45) is 0.161. The monoisotopic (exact) mass is 402 g/mol. The van der Waals surface area contributed by atoms with Crippen LogP contribution in [-0.2, 0) is 21.2 Å². The summed E-state index contributed by atoms with van der Waals surface area (Å²) in [6, 6.07) is 11.3. The van der Waals surface area contributed by atoms with Gasteiger partial charge in [0.05, 0.1) is 22.0 Å². The molecule has 0 aliphatic rings. The second kappa shape index (κ2) is 6.78. The normalized spacial score (nSPS) is 11.2. The number of carbonyl (C=O) groups excluding carboxylic acids is 1. The second-order valence-electron chi connectivity index (χ2n) is 4.50. The fraction of sp³-hybridized carbons (Fsp3) is 0.0714. The first-order valence-corrected chi connectivity index (χ1v) is 8.85. The lowest BCUT2D eigenvalue weighted by Gasteiger charge is -2.09. The van der Waals surface area contributed by atoms with Crippen LogP contribution in [0.3, 0.4) is 0 Å². The van der Waals surface area contributed by atoms with Crippen LogP contribution in [0.1, 0.15) is 5.56 Å². The summed E-state index contributed by atoms with van der Waals surface area (Å²) in [6.45, 7) is 0. The lowest BCUT2D eigenvalue weighted by Crippen LogP contribution is -2.16. The van der Waals surface area contributed by atoms with Crippen LogP contribution in [0.4, 0.5) is 5.69 Å². The first-order valence-electron chi connectivity index (χ1n) is 6.13. The molecule has 2 aromatic carbocycles. The molecule has 0 heterocycles. The largest absolute Gasteiger partial charge is 0.324 e. The molecule has 116 valence electrons. The molecule has 0 unspecified atom stereocenters. The maximum Gasteiger partial charge on any atom is 0.238 e. The molecular formula is C14H12BrClN2O3S. The van der Waals surface area contributed by atoms with Crippen molar-refractivity contribution >= 4 is 49.1 Å². The highest BCUT2D eigenvalue weighted by Gasteiger charge is 2.13. The smallest absolute Gasteiger partial charge is 0.238 e. The zero-order chi connectivity index (χ0) is 16.3. The van der Waals surface area contributed by atoms with Gasteiger partial charge in [-0.1, -0.05) is 45.7 Å². The summed E-state index contributed by atoms with van der Waals surface area (Å²) in [5, 5.41) is 7.76. The molecule has 0 saturated carbocycles. The van der Waals surface area contributed by atoms with Crippen molar-refractivity contribution in [3.8, 4) is 0 Å². The van der Waals surface area contributed by atoms with Crippen LogP contribution in [-0.4, -0.2) is 14.3 Å². The van der Waals surface area contributed by atoms with Crippen molar-refractivity contribution in [2.75, 3.05) is 5.32 Å². The summed E-state index contributed by atoms with van der Waals surface area (Å²) in [5.41, 5.74) is 1.16. The fourth-order valence-corrected chi connectivity index (χ4v) is 3.04. The number of nitrogens with one attached hydrogen (secondary N) is 1. The van der Waals surface area contributed by atoms with E-state index in [0.29, 0.717) is 5.69 Å². The SMILES string of the molecule is NS(=O)(=O)c1ccc(NC(=O)Cc2ccccc2Br)c(Cl)c1. The number of hydrogen-bond acceptors (Lipinski definition) is 3. The highest BCUT2D eigenvalue weighted by molar-refractivity contribution is 9.10. The van der Waals surface area contributed by atoms with Crippen molar-refractivity contribution < 1.29 is 13.2 Å². The van der Waals surface area contributed by atoms with E-state index in [2.05, 4.69) is 21.2 Å². The first-order chi connectivity index (χ1) is 10.3. The van der Waals surface area contributed by atoms with Gasteiger partial charge in [0, 0.05) is 4.47 Å². The van der Waals surface area contributed by atoms with Gasteiger partial charge in [-0.05, 0) is 29.8 Å². The zero-order valence-corrected chi connectivity index (χ0v) is 14.4. The summed E-state index contributed by atoms with van der Waals surface area (Å²) >= 11 is 9.34. The topological polar surface area (TPSA) is 89.3 Å². The molecule has 0 aliphatic heterocycles. The van der Waals surface area contributed by atoms with Gasteiger partial charge in [0.1, 0.15) is 0 Å². The molecule has 0 fully saturated rings. The lowest BCUT2D eigenvalue weighted by atomic mass is 10.1. The van der Waals surface area contributed by atoms with E-state index in [4.69, 9.17) is 16.7 Å². The Labute approximate surface area is 141 Å². The summed E-state index contributed by atoms with van der Waals surface area (Å²) in [7, 11) is -3.83. The third-order valence-electron chi connectivity index (χ3n) is 2.85. The predicted molar refractivity (Wildman–Crippen MR) is 89.3 cm³/mol. The van der Waals surface area contributed by atoms with Gasteiger partial charge in [-0.3, -0.25) is 4.79 Å². The van der Waals surface area contributed by atoms with Gasteiger partial charge in [0.2, 0.25) is 15.9 Å². The molecule has 2 aromatic rings. The Hall–Kier alpha value is -1.41. The molecule has 3 N–H and O–H groups in total. The Kier molecular flexibility index (Phi) is 5.23. The number of rotatable bonds is 4. The molecule has 0 atom stereocenters. The number of halogens is 2. The third kappa shape index (κ3) is 4.30. The van der Waals surface area contributed by atoms with E-state index in [0.717, 1.165) is 10.0 Å². The number of hydrogen-bond donors (Lipinski definition) is 2. The molecule has 0 radical (unpaired) electrons. The average molecular weight is 404 g/mol. The van der Waals surface area contributed by atoms with E-state index in [1.165, 1.54) is 18.2 Å². The number of primary sulfonamides is 1. The third-order valence-corrected chi connectivity index (χ3v) is 4.85. The fourth-order valence-electron chi connectivity index (χ4n) is 1.78. The molecule has 22 heavy (non-hydrogen) atoms. The van der Waals surface area contributed by atoms with Crippen LogP contribution in [0.5, 0.6) is 0 Å². The van der Waals surface area contributed by atoms with Crippen LogP contribution in [0.25, 0.3) is 0 Å². The Bertz CT molecular complexity index is 825. The van der Waals surface area contributed by atoms with E-state index in [1.807, 2.05) is 24.3 Å². The Morgan fingerprint density at radius 1 is 1.23 bits per heavy atom. The molecule has 8 heteroatoms. The maximum atomic E-state index is 12.0. The van der Waals surface area contributed by atoms with Crippen molar-refractivity contribution in [1.82, 2.24) is 0 Å². The van der Waals surface area contributed by atoms with Crippen molar-refractivity contribution in [2.24, 2.45) is 5.14 Å². The Morgan fingerprint density at radius 2 is 1.91 bits per heavy atom. The first kappa shape index (κ1) is 17.0. The number of sulfonamides is 1. The van der Waals surface area contributed by atoms with Crippen molar-refractivity contribution in [3.05, 3.63) is 57.5 Å². The summed E-state index contributed by atoms with van der Waals surface area (Å²) < 4.78 is 23.3. The maximum absolute atomic E-state index is 12.0. The highest BCUT2D eigenvalue weighted by atomic mass is 79.9. The average Bonchev–Trinajstić information content (AvgIpc) is 2.42. The van der Waals surface area contributed by atoms with Crippen molar-refractivity contribution in [3.63, 3.8) is 0 Å². The second-order valence-corrected chi connectivity index (χ2v) is 7.33. The minimum absolute atomic E-state index is 0.104. The van der Waals surface area contributed by atoms with Gasteiger partial charge >= 0.3 is 0 Å². The molecule has 0 spiro atoms. The zero-order valence-electron chi connectivity index (χ0n) is 11.2. The van der Waals surface area contributed by atoms with Gasteiger partial charge in [0.15, 0.2) is 0 Å². The van der Waals surface area contributed by atoms with Crippen LogP contribution in [0.2, 0.25) is 5.02 Å². The Morgan fingerprint density at radius 3 is 2.50 bits per heavy atom. The van der Waals surface area contributed by atoms with E-state index in [-0.39, 0.29) is 22.2 Å². The lowest BCUT2D eigenvalue weighted by molar-refractivity contribution is -0.115. The van der Waals surface area contributed by atoms with Crippen molar-refractivity contribution in [2.45, 2.75) is 11.3 Å². The molecule has 0 saturated heterocycles. The van der Waals surface area contributed by atoms with Crippen molar-refractivity contribution in [1.29, 1.82) is 0 Å². The Balaban J connectivity index is 2.14. The van der Waals surface area contributed by atoms with E-state index in [9.17, 15) is 13.2 Å². The summed E-state index contributed by atoms with van der Waals surface area (Å²) in [5.74, 6) is -0.267. The number of benzene rings is 2. The minimum Gasteiger partial charge on any atom is -0.324 e. The van der Waals surface area contributed by atoms with Crippen LogP contribution < -0.4 is 10.5 Å². The number of carbonyl (C=O) groups is 1. The van der Waals surface area contributed by atoms with Gasteiger partial charge in [-0.15, -0.1) is 0 Å². The quantitative estimate of drug-likeness (QED) is 0.822. The molecular weight excluding hydrogens is 392 g/mol. The standard InChI is InChI=1S/C14H12BrClN2O3S/c15-11-4-2-1-3-9(11)7-14(19)18-13-6-5-10(8-12(13)16)22(17,20)21/h1-6,8H,7H2,(H,18,19)(H2,17,20,21). The molecule has 5 nitrogen and oxygen atoms in total. The number of anilines is 1. The summed E-state index contributed by atoms with van der Waals surface area (Å²) in [4.78, 5) is 11.9. The minimum atomic E-state index is -3.83. The van der Waals surface area contributed by atoms with Crippen LogP contribution in [0, 0.1) is 0 Å². The predicted octanol–water partition coefficient (Wildman–Crippen LogP) is 2.93. The van der Waals surface area contributed by atoms with Gasteiger partial charge < -0.3 is 5.32 Å². The van der Waals surface area contributed by atoms with Gasteiger partial charge in [-0.2, -0.15) is 0 Å². The molecule has 1 amide bonds. The van der Waals surface area contributed by atoms with Gasteiger partial charge in [-0.25, -0.2) is 13.6 Å². The van der Waals surface area contributed by atoms with E-state index < -0.39 is 10.0 Å². The van der Waals surface area contributed by atoms with E-state index >= 15 is 0 Å². The number of amides is 1. The van der Waals surface area contributed by atoms with Gasteiger partial charge in [0.25, 0.3) is 0 Å². The van der Waals surface area contributed by atoms with Crippen LogP contribution >= 0.6 is 27.5 Å². The highest BCUT2D eigenvalue weighted by Crippen LogP contribution is 2.25.